The maximum Gasteiger partial charge on any atom is 0.279 e. The first-order valence-corrected chi connectivity index (χ1v) is 8.84. The topological polar surface area (TPSA) is 75.8 Å². The van der Waals surface area contributed by atoms with Crippen molar-refractivity contribution in [1.29, 1.82) is 0 Å². The molecule has 0 saturated heterocycles. The summed E-state index contributed by atoms with van der Waals surface area (Å²) >= 11 is 3.40. The molecule has 0 bridgehead atoms. The van der Waals surface area contributed by atoms with Crippen molar-refractivity contribution in [2.75, 3.05) is 25.5 Å². The average Bonchev–Trinajstić information content (AvgIpc) is 3.04. The molecule has 0 aliphatic carbocycles. The number of carbonyl (C=O) groups excluding carboxylic acids is 2. The zero-order valence-electron chi connectivity index (χ0n) is 14.6. The molecule has 134 valence electrons. The molecule has 2 atom stereocenters. The quantitative estimate of drug-likeness (QED) is 0.652. The van der Waals surface area contributed by atoms with Gasteiger partial charge in [-0.3, -0.25) is 9.59 Å². The molecule has 7 heteroatoms. The number of amides is 2. The van der Waals surface area contributed by atoms with Crippen LogP contribution in [0.2, 0.25) is 0 Å². The lowest BCUT2D eigenvalue weighted by Crippen LogP contribution is -3.11. The summed E-state index contributed by atoms with van der Waals surface area (Å²) in [7, 11) is 1.81. The molecule has 3 N–H and O–H groups in total. The van der Waals surface area contributed by atoms with Gasteiger partial charge < -0.3 is 20.0 Å². The van der Waals surface area contributed by atoms with Crippen LogP contribution in [0, 0.1) is 6.92 Å². The Bertz CT molecular complexity index is 731. The van der Waals surface area contributed by atoms with Crippen LogP contribution in [0.4, 0.5) is 5.69 Å². The minimum absolute atomic E-state index is 0.130. The number of quaternary nitrogens is 1. The lowest BCUT2D eigenvalue weighted by atomic mass is 10.2. The average molecular weight is 409 g/mol. The number of rotatable bonds is 7. The highest BCUT2D eigenvalue weighted by Gasteiger charge is 2.17. The highest BCUT2D eigenvalue weighted by molar-refractivity contribution is 9.10. The number of furan rings is 1. The van der Waals surface area contributed by atoms with E-state index in [0.29, 0.717) is 5.76 Å². The SMILES string of the molecule is Cc1cc(Br)ccc1NC(=O)C[NH+](C)CC(=O)N[C@@H](C)c1ccco1. The van der Waals surface area contributed by atoms with E-state index in [-0.39, 0.29) is 30.9 Å². The van der Waals surface area contributed by atoms with Gasteiger partial charge in [0.05, 0.1) is 19.4 Å². The second kappa shape index (κ2) is 8.82. The summed E-state index contributed by atoms with van der Waals surface area (Å²) in [6, 6.07) is 9.07. The molecule has 0 aliphatic rings. The lowest BCUT2D eigenvalue weighted by molar-refractivity contribution is -0.862. The van der Waals surface area contributed by atoms with Crippen molar-refractivity contribution in [3.63, 3.8) is 0 Å². The zero-order valence-corrected chi connectivity index (χ0v) is 16.1. The normalized spacial score (nSPS) is 13.1. The number of carbonyl (C=O) groups is 2. The van der Waals surface area contributed by atoms with E-state index >= 15 is 0 Å². The van der Waals surface area contributed by atoms with Crippen molar-refractivity contribution in [3.05, 3.63) is 52.4 Å². The standard InChI is InChI=1S/C18H22BrN3O3/c1-12-9-14(19)6-7-15(12)21-18(24)11-22(3)10-17(23)20-13(2)16-5-4-8-25-16/h4-9,13H,10-11H2,1-3H3,(H,20,23)(H,21,24)/p+1/t13-/m0/s1. The molecule has 0 aliphatic heterocycles. The van der Waals surface area contributed by atoms with Gasteiger partial charge in [-0.25, -0.2) is 0 Å². The van der Waals surface area contributed by atoms with E-state index in [9.17, 15) is 9.59 Å². The van der Waals surface area contributed by atoms with Crippen LogP contribution in [0.3, 0.4) is 0 Å². The number of benzene rings is 1. The van der Waals surface area contributed by atoms with Gasteiger partial charge in [0.2, 0.25) is 0 Å². The number of aryl methyl sites for hydroxylation is 1. The molecule has 2 amide bonds. The van der Waals surface area contributed by atoms with Gasteiger partial charge in [0.15, 0.2) is 13.1 Å². The number of nitrogens with one attached hydrogen (secondary N) is 3. The van der Waals surface area contributed by atoms with Crippen LogP contribution in [0.5, 0.6) is 0 Å². The number of halogens is 1. The number of likely N-dealkylation sites (N-methyl/N-ethyl adjacent to an activating group) is 1. The van der Waals surface area contributed by atoms with Crippen molar-refractivity contribution >= 4 is 33.4 Å². The molecule has 0 saturated carbocycles. The molecule has 6 nitrogen and oxygen atoms in total. The lowest BCUT2D eigenvalue weighted by Gasteiger charge is -2.16. The Morgan fingerprint density at radius 1 is 1.24 bits per heavy atom. The van der Waals surface area contributed by atoms with E-state index in [2.05, 4.69) is 26.6 Å². The van der Waals surface area contributed by atoms with Crippen molar-refractivity contribution in [1.82, 2.24) is 5.32 Å². The summed E-state index contributed by atoms with van der Waals surface area (Å²) in [4.78, 5) is 25.0. The molecule has 0 fully saturated rings. The maximum absolute atomic E-state index is 12.2. The summed E-state index contributed by atoms with van der Waals surface area (Å²) < 4.78 is 6.23. The summed E-state index contributed by atoms with van der Waals surface area (Å²) in [6.45, 7) is 4.20. The Kier molecular flexibility index (Phi) is 6.78. The molecule has 1 heterocycles. The van der Waals surface area contributed by atoms with E-state index in [1.54, 1.807) is 12.3 Å². The van der Waals surface area contributed by atoms with E-state index < -0.39 is 0 Å². The van der Waals surface area contributed by atoms with Gasteiger partial charge in [0.1, 0.15) is 5.76 Å². The summed E-state index contributed by atoms with van der Waals surface area (Å²) in [5.74, 6) is 0.443. The van der Waals surface area contributed by atoms with E-state index in [1.165, 1.54) is 0 Å². The third kappa shape index (κ3) is 6.03. The molecule has 1 aromatic carbocycles. The van der Waals surface area contributed by atoms with E-state index in [1.807, 2.05) is 45.2 Å². The van der Waals surface area contributed by atoms with Gasteiger partial charge in [-0.1, -0.05) is 15.9 Å². The molecule has 2 rings (SSSR count). The maximum atomic E-state index is 12.2. The van der Waals surface area contributed by atoms with Crippen LogP contribution in [0.1, 0.15) is 24.3 Å². The summed E-state index contributed by atoms with van der Waals surface area (Å²) in [6.07, 6.45) is 1.57. The second-order valence-electron chi connectivity index (χ2n) is 6.12. The first kappa shape index (κ1) is 19.2. The fourth-order valence-corrected chi connectivity index (χ4v) is 2.95. The molecule has 1 aromatic heterocycles. The Morgan fingerprint density at radius 2 is 1.96 bits per heavy atom. The number of hydrogen-bond acceptors (Lipinski definition) is 3. The highest BCUT2D eigenvalue weighted by Crippen LogP contribution is 2.19. The predicted octanol–water partition coefficient (Wildman–Crippen LogP) is 1.68. The Labute approximate surface area is 155 Å². The monoisotopic (exact) mass is 408 g/mol. The smallest absolute Gasteiger partial charge is 0.279 e. The molecule has 0 radical (unpaired) electrons. The fourth-order valence-electron chi connectivity index (χ4n) is 2.47. The molecular formula is C18H23BrN3O3+. The van der Waals surface area contributed by atoms with Crippen LogP contribution in [0.15, 0.2) is 45.5 Å². The highest BCUT2D eigenvalue weighted by atomic mass is 79.9. The third-order valence-corrected chi connectivity index (χ3v) is 4.23. The van der Waals surface area contributed by atoms with Crippen molar-refractivity contribution in [2.45, 2.75) is 19.9 Å². The largest absolute Gasteiger partial charge is 0.467 e. The minimum Gasteiger partial charge on any atom is -0.467 e. The Balaban J connectivity index is 1.79. The van der Waals surface area contributed by atoms with E-state index in [4.69, 9.17) is 4.42 Å². The first-order valence-electron chi connectivity index (χ1n) is 8.05. The zero-order chi connectivity index (χ0) is 18.4. The molecule has 0 spiro atoms. The minimum atomic E-state index is -0.199. The van der Waals surface area contributed by atoms with Gasteiger partial charge in [-0.05, 0) is 49.7 Å². The van der Waals surface area contributed by atoms with Gasteiger partial charge >= 0.3 is 0 Å². The predicted molar refractivity (Wildman–Crippen MR) is 99.4 cm³/mol. The van der Waals surface area contributed by atoms with Crippen molar-refractivity contribution in [2.24, 2.45) is 0 Å². The third-order valence-electron chi connectivity index (χ3n) is 3.73. The molecule has 2 aromatic rings. The summed E-state index contributed by atoms with van der Waals surface area (Å²) in [5.41, 5.74) is 1.75. The van der Waals surface area contributed by atoms with Crippen molar-refractivity contribution in [3.8, 4) is 0 Å². The van der Waals surface area contributed by atoms with Crippen LogP contribution >= 0.6 is 15.9 Å². The Morgan fingerprint density at radius 3 is 2.60 bits per heavy atom. The van der Waals surface area contributed by atoms with Crippen LogP contribution in [-0.4, -0.2) is 32.0 Å². The second-order valence-corrected chi connectivity index (χ2v) is 7.04. The number of anilines is 1. The van der Waals surface area contributed by atoms with Crippen molar-refractivity contribution < 1.29 is 18.9 Å². The summed E-state index contributed by atoms with van der Waals surface area (Å²) in [5, 5.41) is 5.74. The molecule has 1 unspecified atom stereocenters. The first-order chi connectivity index (χ1) is 11.8. The van der Waals surface area contributed by atoms with Gasteiger partial charge in [-0.2, -0.15) is 0 Å². The van der Waals surface area contributed by atoms with E-state index in [0.717, 1.165) is 20.6 Å². The molecule has 25 heavy (non-hydrogen) atoms. The fraction of sp³-hybridized carbons (Fsp3) is 0.333. The van der Waals surface area contributed by atoms with Crippen LogP contribution in [-0.2, 0) is 9.59 Å². The number of hydrogen-bond donors (Lipinski definition) is 3. The van der Waals surface area contributed by atoms with Gasteiger partial charge in [0.25, 0.3) is 11.8 Å². The van der Waals surface area contributed by atoms with Crippen LogP contribution < -0.4 is 15.5 Å². The Hall–Kier alpha value is -2.12. The van der Waals surface area contributed by atoms with Gasteiger partial charge in [0, 0.05) is 10.2 Å². The molecular weight excluding hydrogens is 386 g/mol. The van der Waals surface area contributed by atoms with Gasteiger partial charge in [-0.15, -0.1) is 0 Å². The van der Waals surface area contributed by atoms with Crippen LogP contribution in [0.25, 0.3) is 0 Å².